The normalized spacial score (nSPS) is 13.3. The number of nitrogens with one attached hydrogen (secondary N) is 2. The summed E-state index contributed by atoms with van der Waals surface area (Å²) in [4.78, 5) is 26.8. The van der Waals surface area contributed by atoms with Gasteiger partial charge in [-0.2, -0.15) is 0 Å². The zero-order chi connectivity index (χ0) is 18.9. The quantitative estimate of drug-likeness (QED) is 0.561. The minimum absolute atomic E-state index is 0.168. The van der Waals surface area contributed by atoms with Crippen molar-refractivity contribution in [3.05, 3.63) is 71.0 Å². The maximum Gasteiger partial charge on any atom is 0.256 e. The molecule has 0 unspecified atom stereocenters. The van der Waals surface area contributed by atoms with Gasteiger partial charge in [-0.15, -0.1) is 11.3 Å². The van der Waals surface area contributed by atoms with E-state index in [9.17, 15) is 4.79 Å². The van der Waals surface area contributed by atoms with Crippen LogP contribution in [0.1, 0.15) is 21.5 Å². The third-order valence-electron chi connectivity index (χ3n) is 4.85. The lowest BCUT2D eigenvalue weighted by atomic mass is 9.98. The van der Waals surface area contributed by atoms with Gasteiger partial charge in [0.1, 0.15) is 5.82 Å². The monoisotopic (exact) mass is 387 g/mol. The van der Waals surface area contributed by atoms with Crippen LogP contribution in [-0.2, 0) is 13.0 Å². The van der Waals surface area contributed by atoms with Gasteiger partial charge in [0.15, 0.2) is 0 Å². The highest BCUT2D eigenvalue weighted by Crippen LogP contribution is 2.25. The molecule has 2 N–H and O–H groups in total. The second-order valence-corrected chi connectivity index (χ2v) is 7.58. The van der Waals surface area contributed by atoms with Crippen molar-refractivity contribution < 1.29 is 4.79 Å². The number of pyridine rings is 2. The minimum Gasteiger partial charge on any atom is -0.312 e. The van der Waals surface area contributed by atoms with Crippen LogP contribution >= 0.6 is 11.3 Å². The molecule has 0 saturated carbocycles. The first-order chi connectivity index (χ1) is 13.8. The van der Waals surface area contributed by atoms with Gasteiger partial charge in [-0.25, -0.2) is 9.97 Å². The van der Waals surface area contributed by atoms with Gasteiger partial charge in [-0.05, 0) is 48.4 Å². The summed E-state index contributed by atoms with van der Waals surface area (Å²) in [6.45, 7) is 1.78. The fourth-order valence-electron chi connectivity index (χ4n) is 3.37. The number of fused-ring (bicyclic) bond motifs is 2. The van der Waals surface area contributed by atoms with E-state index in [0.29, 0.717) is 11.4 Å². The molecule has 0 spiro atoms. The Balaban J connectivity index is 1.42. The fraction of sp³-hybridized carbons (Fsp3) is 0.143. The first kappa shape index (κ1) is 17.0. The molecule has 28 heavy (non-hydrogen) atoms. The molecule has 5 rings (SSSR count). The average molecular weight is 387 g/mol. The Hall–Kier alpha value is -3.16. The van der Waals surface area contributed by atoms with Crippen molar-refractivity contribution in [2.75, 3.05) is 11.9 Å². The number of amides is 1. The largest absolute Gasteiger partial charge is 0.312 e. The van der Waals surface area contributed by atoms with Crippen molar-refractivity contribution in [3.63, 3.8) is 0 Å². The first-order valence-corrected chi connectivity index (χ1v) is 9.94. The highest BCUT2D eigenvalue weighted by molar-refractivity contribution is 7.13. The number of aromatic nitrogens is 3. The molecule has 1 amide bonds. The van der Waals surface area contributed by atoms with Crippen LogP contribution in [-0.4, -0.2) is 27.4 Å². The molecule has 4 heterocycles. The summed E-state index contributed by atoms with van der Waals surface area (Å²) in [6.07, 6.45) is 4.52. The average Bonchev–Trinajstić information content (AvgIpc) is 3.28. The molecule has 7 heteroatoms. The summed E-state index contributed by atoms with van der Waals surface area (Å²) < 4.78 is 0. The number of thiazole rings is 1. The summed E-state index contributed by atoms with van der Waals surface area (Å²) in [5.74, 6) is 0.320. The summed E-state index contributed by atoms with van der Waals surface area (Å²) >= 11 is 1.54. The van der Waals surface area contributed by atoms with E-state index >= 15 is 0 Å². The standard InChI is InChI=1S/C21H17N5OS/c27-21(14-2-1-13-5-6-22-9-16(13)7-14)26-20-8-18-15(10-24-20)3-4-17(25-18)19-11-23-12-28-19/h1-4,7-8,10-12,22H,5-6,9H2,(H,24,26,27). The van der Waals surface area contributed by atoms with E-state index in [-0.39, 0.29) is 5.91 Å². The molecule has 3 aromatic heterocycles. The van der Waals surface area contributed by atoms with Crippen molar-refractivity contribution >= 4 is 34.0 Å². The summed E-state index contributed by atoms with van der Waals surface area (Å²) in [6, 6.07) is 11.6. The van der Waals surface area contributed by atoms with Crippen LogP contribution in [0.4, 0.5) is 5.82 Å². The molecule has 0 fully saturated rings. The van der Waals surface area contributed by atoms with Gasteiger partial charge >= 0.3 is 0 Å². The van der Waals surface area contributed by atoms with Crippen LogP contribution in [0.15, 0.2) is 54.3 Å². The van der Waals surface area contributed by atoms with Crippen LogP contribution < -0.4 is 10.6 Å². The van der Waals surface area contributed by atoms with Gasteiger partial charge in [-0.3, -0.25) is 9.78 Å². The van der Waals surface area contributed by atoms with Gasteiger partial charge in [0.05, 0.1) is 21.6 Å². The van der Waals surface area contributed by atoms with Crippen LogP contribution in [0.2, 0.25) is 0 Å². The molecule has 0 radical (unpaired) electrons. The number of anilines is 1. The van der Waals surface area contributed by atoms with E-state index in [1.807, 2.05) is 30.3 Å². The first-order valence-electron chi connectivity index (χ1n) is 9.06. The van der Waals surface area contributed by atoms with Gasteiger partial charge in [-0.1, -0.05) is 6.07 Å². The smallest absolute Gasteiger partial charge is 0.256 e. The number of nitrogens with zero attached hydrogens (tertiary/aromatic N) is 3. The molecule has 0 saturated heterocycles. The fourth-order valence-corrected chi connectivity index (χ4v) is 3.97. The maximum absolute atomic E-state index is 12.7. The third kappa shape index (κ3) is 3.26. The number of rotatable bonds is 3. The van der Waals surface area contributed by atoms with Crippen LogP contribution in [0, 0.1) is 0 Å². The Bertz CT molecular complexity index is 1170. The lowest BCUT2D eigenvalue weighted by Gasteiger charge is -2.17. The van der Waals surface area contributed by atoms with Gasteiger partial charge in [0.25, 0.3) is 5.91 Å². The van der Waals surface area contributed by atoms with Crippen LogP contribution in [0.5, 0.6) is 0 Å². The van der Waals surface area contributed by atoms with Crippen molar-refractivity contribution in [1.29, 1.82) is 0 Å². The van der Waals surface area contributed by atoms with Crippen molar-refractivity contribution in [2.45, 2.75) is 13.0 Å². The molecule has 0 aliphatic carbocycles. The van der Waals surface area contributed by atoms with Crippen LogP contribution in [0.3, 0.4) is 0 Å². The van der Waals surface area contributed by atoms with Crippen molar-refractivity contribution in [1.82, 2.24) is 20.3 Å². The minimum atomic E-state index is -0.168. The van der Waals surface area contributed by atoms with Crippen molar-refractivity contribution in [3.8, 4) is 10.6 Å². The summed E-state index contributed by atoms with van der Waals surface area (Å²) in [5.41, 5.74) is 6.55. The van der Waals surface area contributed by atoms with Gasteiger partial charge in [0.2, 0.25) is 0 Å². The molecular weight excluding hydrogens is 370 g/mol. The topological polar surface area (TPSA) is 79.8 Å². The highest BCUT2D eigenvalue weighted by atomic mass is 32.1. The predicted molar refractivity (Wildman–Crippen MR) is 110 cm³/mol. The highest BCUT2D eigenvalue weighted by Gasteiger charge is 2.13. The second-order valence-electron chi connectivity index (χ2n) is 6.69. The van der Waals surface area contributed by atoms with E-state index in [0.717, 1.165) is 41.0 Å². The molecule has 1 aliphatic rings. The Kier molecular flexibility index (Phi) is 4.31. The third-order valence-corrected chi connectivity index (χ3v) is 5.65. The molecule has 0 atom stereocenters. The number of carbonyl (C=O) groups excluding carboxylic acids is 1. The van der Waals surface area contributed by atoms with Gasteiger partial charge in [0, 0.05) is 36.0 Å². The van der Waals surface area contributed by atoms with E-state index in [1.165, 1.54) is 11.1 Å². The van der Waals surface area contributed by atoms with Crippen LogP contribution in [0.25, 0.3) is 21.5 Å². The Morgan fingerprint density at radius 1 is 1.11 bits per heavy atom. The lowest BCUT2D eigenvalue weighted by molar-refractivity contribution is 0.102. The van der Waals surface area contributed by atoms with Crippen molar-refractivity contribution in [2.24, 2.45) is 0 Å². The predicted octanol–water partition coefficient (Wildman–Crippen LogP) is 3.65. The van der Waals surface area contributed by atoms with E-state index < -0.39 is 0 Å². The summed E-state index contributed by atoms with van der Waals surface area (Å²) in [5, 5.41) is 7.15. The Morgan fingerprint density at radius 3 is 2.96 bits per heavy atom. The molecule has 6 nitrogen and oxygen atoms in total. The van der Waals surface area contributed by atoms with E-state index in [4.69, 9.17) is 0 Å². The SMILES string of the molecule is O=C(Nc1cc2nc(-c3cncs3)ccc2cn1)c1ccc2c(c1)CNCC2. The summed E-state index contributed by atoms with van der Waals surface area (Å²) in [7, 11) is 0. The maximum atomic E-state index is 12.7. The van der Waals surface area contributed by atoms with Gasteiger partial charge < -0.3 is 10.6 Å². The molecule has 1 aliphatic heterocycles. The number of hydrogen-bond acceptors (Lipinski definition) is 6. The molecule has 4 aromatic rings. The van der Waals surface area contributed by atoms with E-state index in [2.05, 4.69) is 25.6 Å². The zero-order valence-electron chi connectivity index (χ0n) is 15.0. The zero-order valence-corrected chi connectivity index (χ0v) is 15.8. The molecule has 1 aromatic carbocycles. The number of benzene rings is 1. The number of hydrogen-bond donors (Lipinski definition) is 2. The Labute approximate surface area is 165 Å². The molecule has 138 valence electrons. The van der Waals surface area contributed by atoms with E-state index in [1.54, 1.807) is 35.3 Å². The lowest BCUT2D eigenvalue weighted by Crippen LogP contribution is -2.24. The second kappa shape index (κ2) is 7.10. The molecular formula is C21H17N5OS. The Morgan fingerprint density at radius 2 is 2.07 bits per heavy atom. The molecule has 0 bridgehead atoms. The number of carbonyl (C=O) groups is 1.